The number of benzene rings is 1. The topological polar surface area (TPSA) is 22.0 Å². The van der Waals surface area contributed by atoms with Crippen molar-refractivity contribution in [3.05, 3.63) is 35.5 Å². The number of para-hydroxylation sites is 1. The van der Waals surface area contributed by atoms with Crippen LogP contribution in [-0.4, -0.2) is 10.4 Å². The van der Waals surface area contributed by atoms with E-state index in [1.807, 2.05) is 12.1 Å². The van der Waals surface area contributed by atoms with E-state index in [0.29, 0.717) is 6.42 Å². The molecule has 0 atom stereocenters. The van der Waals surface area contributed by atoms with Crippen molar-refractivity contribution in [1.82, 2.24) is 4.57 Å². The minimum atomic E-state index is 0.289. The molecule has 0 unspecified atom stereocenters. The number of aryl methyl sites for hydroxylation is 2. The maximum atomic E-state index is 11.9. The van der Waals surface area contributed by atoms with Crippen molar-refractivity contribution >= 4 is 16.7 Å². The van der Waals surface area contributed by atoms with Crippen molar-refractivity contribution < 1.29 is 4.79 Å². The van der Waals surface area contributed by atoms with Gasteiger partial charge in [-0.2, -0.15) is 0 Å². The van der Waals surface area contributed by atoms with Crippen LogP contribution >= 0.6 is 0 Å². The van der Waals surface area contributed by atoms with Gasteiger partial charge in [0.05, 0.1) is 5.52 Å². The molecule has 2 aromatic rings. The third-order valence-corrected chi connectivity index (χ3v) is 3.21. The molecule has 0 fully saturated rings. The highest BCUT2D eigenvalue weighted by Gasteiger charge is 2.18. The molecule has 76 valence electrons. The highest BCUT2D eigenvalue weighted by molar-refractivity contribution is 6.07. The Labute approximate surface area is 88.5 Å². The third-order valence-electron chi connectivity index (χ3n) is 3.21. The fraction of sp³-hybridized carbons (Fsp3) is 0.308. The van der Waals surface area contributed by atoms with Gasteiger partial charge in [0.2, 0.25) is 0 Å². The van der Waals surface area contributed by atoms with Crippen LogP contribution in [0.5, 0.6) is 0 Å². The fourth-order valence-corrected chi connectivity index (χ4v) is 2.50. The number of Topliss-reactive ketones (excluding diaryl/α,β-unsaturated/α-hetero) is 1. The Balaban J connectivity index is 2.47. The first-order valence-electron chi connectivity index (χ1n) is 5.39. The standard InChI is InChI=1S/C13H13NO/c1-9-8-10-4-2-5-11-12(15)6-3-7-14(9)13(10)11/h2,4-5,8H,3,6-7H2,1H3. The summed E-state index contributed by atoms with van der Waals surface area (Å²) in [6.07, 6.45) is 1.64. The number of hydrogen-bond acceptors (Lipinski definition) is 1. The lowest BCUT2D eigenvalue weighted by Gasteiger charge is -2.05. The Morgan fingerprint density at radius 1 is 1.33 bits per heavy atom. The van der Waals surface area contributed by atoms with Gasteiger partial charge in [0.1, 0.15) is 0 Å². The number of ketones is 1. The summed E-state index contributed by atoms with van der Waals surface area (Å²) in [6, 6.07) is 8.18. The van der Waals surface area contributed by atoms with Crippen molar-refractivity contribution in [3.8, 4) is 0 Å². The highest BCUT2D eigenvalue weighted by Crippen LogP contribution is 2.27. The van der Waals surface area contributed by atoms with Crippen molar-refractivity contribution in [3.63, 3.8) is 0 Å². The molecule has 2 heterocycles. The summed E-state index contributed by atoms with van der Waals surface area (Å²) >= 11 is 0. The van der Waals surface area contributed by atoms with Crippen molar-refractivity contribution in [2.24, 2.45) is 0 Å². The molecule has 0 bridgehead atoms. The molecule has 0 radical (unpaired) electrons. The first kappa shape index (κ1) is 8.72. The molecule has 1 aliphatic rings. The van der Waals surface area contributed by atoms with Gasteiger partial charge >= 0.3 is 0 Å². The maximum absolute atomic E-state index is 11.9. The Morgan fingerprint density at radius 3 is 3.07 bits per heavy atom. The molecular formula is C13H13NO. The quantitative estimate of drug-likeness (QED) is 0.639. The molecule has 2 heteroatoms. The normalized spacial score (nSPS) is 15.7. The van der Waals surface area contributed by atoms with Crippen LogP contribution < -0.4 is 0 Å². The number of rotatable bonds is 0. The zero-order chi connectivity index (χ0) is 10.4. The molecule has 1 aromatic carbocycles. The van der Waals surface area contributed by atoms with Crippen LogP contribution in [0.2, 0.25) is 0 Å². The number of hydrogen-bond donors (Lipinski definition) is 0. The third kappa shape index (κ3) is 1.14. The molecule has 0 spiro atoms. The predicted octanol–water partition coefficient (Wildman–Crippen LogP) is 2.93. The van der Waals surface area contributed by atoms with E-state index in [4.69, 9.17) is 0 Å². The van der Waals surface area contributed by atoms with E-state index in [9.17, 15) is 4.79 Å². The van der Waals surface area contributed by atoms with Crippen molar-refractivity contribution in [1.29, 1.82) is 0 Å². The number of nitrogens with zero attached hydrogens (tertiary/aromatic N) is 1. The van der Waals surface area contributed by atoms with Crippen LogP contribution in [0, 0.1) is 6.92 Å². The van der Waals surface area contributed by atoms with Gasteiger partial charge in [-0.1, -0.05) is 12.1 Å². The van der Waals surface area contributed by atoms with E-state index in [2.05, 4.69) is 23.6 Å². The zero-order valence-corrected chi connectivity index (χ0v) is 8.79. The van der Waals surface area contributed by atoms with Gasteiger partial charge in [0.15, 0.2) is 5.78 Å². The smallest absolute Gasteiger partial charge is 0.165 e. The number of carbonyl (C=O) groups is 1. The molecule has 1 aliphatic heterocycles. The molecule has 1 aromatic heterocycles. The zero-order valence-electron chi connectivity index (χ0n) is 8.79. The van der Waals surface area contributed by atoms with Gasteiger partial charge in [0, 0.05) is 29.6 Å². The van der Waals surface area contributed by atoms with Crippen LogP contribution in [0.25, 0.3) is 10.9 Å². The van der Waals surface area contributed by atoms with Crippen LogP contribution in [0.4, 0.5) is 0 Å². The van der Waals surface area contributed by atoms with Gasteiger partial charge in [-0.05, 0) is 25.5 Å². The summed E-state index contributed by atoms with van der Waals surface area (Å²) in [7, 11) is 0. The lowest BCUT2D eigenvalue weighted by molar-refractivity contribution is 0.0982. The van der Waals surface area contributed by atoms with Gasteiger partial charge in [-0.25, -0.2) is 0 Å². The first-order chi connectivity index (χ1) is 7.27. The number of aromatic nitrogens is 1. The molecule has 2 nitrogen and oxygen atoms in total. The second-order valence-electron chi connectivity index (χ2n) is 4.21. The average Bonchev–Trinajstić information content (AvgIpc) is 2.43. The SMILES string of the molecule is Cc1cc2cccc3c2n1CCCC3=O. The molecule has 0 N–H and O–H groups in total. The fourth-order valence-electron chi connectivity index (χ4n) is 2.50. The molecule has 3 rings (SSSR count). The second-order valence-corrected chi connectivity index (χ2v) is 4.21. The summed E-state index contributed by atoms with van der Waals surface area (Å²) in [5.41, 5.74) is 3.29. The Hall–Kier alpha value is -1.57. The summed E-state index contributed by atoms with van der Waals surface area (Å²) in [5.74, 6) is 0.289. The molecule has 15 heavy (non-hydrogen) atoms. The monoisotopic (exact) mass is 199 g/mol. The Morgan fingerprint density at radius 2 is 2.20 bits per heavy atom. The maximum Gasteiger partial charge on any atom is 0.165 e. The minimum absolute atomic E-state index is 0.289. The predicted molar refractivity (Wildman–Crippen MR) is 60.2 cm³/mol. The summed E-state index contributed by atoms with van der Waals surface area (Å²) in [5, 5.41) is 1.19. The lowest BCUT2D eigenvalue weighted by Crippen LogP contribution is -1.98. The van der Waals surface area contributed by atoms with Crippen molar-refractivity contribution in [2.75, 3.05) is 0 Å². The first-order valence-corrected chi connectivity index (χ1v) is 5.39. The van der Waals surface area contributed by atoms with E-state index >= 15 is 0 Å². The van der Waals surface area contributed by atoms with Gasteiger partial charge in [0.25, 0.3) is 0 Å². The van der Waals surface area contributed by atoms with Gasteiger partial charge < -0.3 is 4.57 Å². The molecule has 0 amide bonds. The van der Waals surface area contributed by atoms with Crippen LogP contribution in [0.15, 0.2) is 24.3 Å². The molecular weight excluding hydrogens is 186 g/mol. The van der Waals surface area contributed by atoms with E-state index < -0.39 is 0 Å². The lowest BCUT2D eigenvalue weighted by atomic mass is 10.1. The summed E-state index contributed by atoms with van der Waals surface area (Å²) in [6.45, 7) is 3.08. The van der Waals surface area contributed by atoms with Crippen LogP contribution in [0.3, 0.4) is 0 Å². The molecule has 0 saturated carbocycles. The van der Waals surface area contributed by atoms with Gasteiger partial charge in [-0.3, -0.25) is 4.79 Å². The minimum Gasteiger partial charge on any atom is -0.344 e. The summed E-state index contributed by atoms with van der Waals surface area (Å²) in [4.78, 5) is 11.9. The highest BCUT2D eigenvalue weighted by atomic mass is 16.1. The molecule has 0 aliphatic carbocycles. The number of carbonyl (C=O) groups excluding carboxylic acids is 1. The second kappa shape index (κ2) is 2.96. The van der Waals surface area contributed by atoms with Gasteiger partial charge in [-0.15, -0.1) is 0 Å². The largest absolute Gasteiger partial charge is 0.344 e. The van der Waals surface area contributed by atoms with E-state index in [1.165, 1.54) is 11.1 Å². The summed E-state index contributed by atoms with van der Waals surface area (Å²) < 4.78 is 2.27. The van der Waals surface area contributed by atoms with E-state index in [1.54, 1.807) is 0 Å². The molecule has 0 saturated heterocycles. The van der Waals surface area contributed by atoms with E-state index in [-0.39, 0.29) is 5.78 Å². The average molecular weight is 199 g/mol. The van der Waals surface area contributed by atoms with Crippen LogP contribution in [0.1, 0.15) is 28.9 Å². The Bertz CT molecular complexity index is 551. The van der Waals surface area contributed by atoms with Crippen LogP contribution in [-0.2, 0) is 6.54 Å². The van der Waals surface area contributed by atoms with Crippen molar-refractivity contribution in [2.45, 2.75) is 26.3 Å². The Kier molecular flexibility index (Phi) is 1.72. The van der Waals surface area contributed by atoms with E-state index in [0.717, 1.165) is 24.0 Å².